The molecule has 6 aromatic rings. The molecule has 224 valence electrons. The summed E-state index contributed by atoms with van der Waals surface area (Å²) in [5.74, 6) is 0. The molecule has 0 heterocycles. The summed E-state index contributed by atoms with van der Waals surface area (Å²) in [6.45, 7) is 1.25. The van der Waals surface area contributed by atoms with Gasteiger partial charge in [0.1, 0.15) is 11.2 Å². The van der Waals surface area contributed by atoms with E-state index in [-0.39, 0.29) is 0 Å². The highest BCUT2D eigenvalue weighted by Gasteiger charge is 2.38. The Morgan fingerprint density at radius 2 is 0.467 bits per heavy atom. The first kappa shape index (κ1) is 30.3. The third-order valence-corrected chi connectivity index (χ3v) is 8.51. The summed E-state index contributed by atoms with van der Waals surface area (Å²) in [6.07, 6.45) is 2.84. The average Bonchev–Trinajstić information content (AvgIpc) is 3.13. The Hall–Kier alpha value is -4.76. The van der Waals surface area contributed by atoms with Crippen molar-refractivity contribution < 1.29 is 9.47 Å². The van der Waals surface area contributed by atoms with E-state index >= 15 is 0 Å². The second-order valence-electron chi connectivity index (χ2n) is 11.3. The van der Waals surface area contributed by atoms with Gasteiger partial charge in [0.15, 0.2) is 0 Å². The molecule has 0 aliphatic carbocycles. The van der Waals surface area contributed by atoms with E-state index in [0.29, 0.717) is 13.2 Å². The molecule has 0 radical (unpaired) electrons. The van der Waals surface area contributed by atoms with E-state index in [4.69, 9.17) is 9.47 Å². The van der Waals surface area contributed by atoms with Gasteiger partial charge in [-0.3, -0.25) is 0 Å². The van der Waals surface area contributed by atoms with E-state index in [1.807, 2.05) is 0 Å². The van der Waals surface area contributed by atoms with Gasteiger partial charge in [0, 0.05) is 13.2 Å². The lowest BCUT2D eigenvalue weighted by Gasteiger charge is -2.36. The first-order valence-corrected chi connectivity index (χ1v) is 15.9. The number of unbranched alkanes of at least 4 members (excludes halogenated alkanes) is 2. The molecule has 0 fully saturated rings. The highest BCUT2D eigenvalue weighted by atomic mass is 16.5. The van der Waals surface area contributed by atoms with Crippen LogP contribution in [0.1, 0.15) is 52.6 Å². The first-order valence-electron chi connectivity index (χ1n) is 15.9. The fourth-order valence-electron chi connectivity index (χ4n) is 6.37. The summed E-state index contributed by atoms with van der Waals surface area (Å²) < 4.78 is 14.0. The molecule has 6 rings (SSSR count). The van der Waals surface area contributed by atoms with Crippen LogP contribution >= 0.6 is 0 Å². The van der Waals surface area contributed by atoms with Gasteiger partial charge in [-0.25, -0.2) is 0 Å². The molecule has 0 spiro atoms. The van der Waals surface area contributed by atoms with Gasteiger partial charge in [0.05, 0.1) is 0 Å². The van der Waals surface area contributed by atoms with Gasteiger partial charge < -0.3 is 9.47 Å². The van der Waals surface area contributed by atoms with E-state index in [0.717, 1.165) is 52.6 Å². The van der Waals surface area contributed by atoms with Crippen molar-refractivity contribution in [2.24, 2.45) is 0 Å². The minimum absolute atomic E-state index is 0.625. The Morgan fingerprint density at radius 1 is 0.267 bits per heavy atom. The Morgan fingerprint density at radius 3 is 0.667 bits per heavy atom. The predicted octanol–water partition coefficient (Wildman–Crippen LogP) is 10.2. The molecule has 0 atom stereocenters. The first-order chi connectivity index (χ1) is 22.3. The van der Waals surface area contributed by atoms with Crippen LogP contribution in [0.5, 0.6) is 0 Å². The summed E-state index contributed by atoms with van der Waals surface area (Å²) in [5.41, 5.74) is 5.39. The minimum Gasteiger partial charge on any atom is -0.361 e. The van der Waals surface area contributed by atoms with E-state index < -0.39 is 11.2 Å². The summed E-state index contributed by atoms with van der Waals surface area (Å²) in [5, 5.41) is 0. The number of hydrogen-bond acceptors (Lipinski definition) is 2. The van der Waals surface area contributed by atoms with Crippen molar-refractivity contribution in [2.75, 3.05) is 13.2 Å². The van der Waals surface area contributed by atoms with Crippen LogP contribution < -0.4 is 0 Å². The number of ether oxygens (including phenoxy) is 2. The lowest BCUT2D eigenvalue weighted by atomic mass is 9.80. The van der Waals surface area contributed by atoms with Gasteiger partial charge in [-0.1, -0.05) is 182 Å². The van der Waals surface area contributed by atoms with Crippen molar-refractivity contribution in [3.63, 3.8) is 0 Å². The summed E-state index contributed by atoms with van der Waals surface area (Å²) in [6, 6.07) is 63.5. The van der Waals surface area contributed by atoms with Gasteiger partial charge >= 0.3 is 0 Å². The largest absolute Gasteiger partial charge is 0.361 e. The van der Waals surface area contributed by atoms with Crippen LogP contribution in [0.25, 0.3) is 0 Å². The predicted molar refractivity (Wildman–Crippen MR) is 184 cm³/mol. The zero-order valence-corrected chi connectivity index (χ0v) is 25.7. The van der Waals surface area contributed by atoms with Gasteiger partial charge in [0.2, 0.25) is 0 Å². The Kier molecular flexibility index (Phi) is 9.97. The number of benzene rings is 6. The molecule has 0 saturated heterocycles. The van der Waals surface area contributed by atoms with Crippen molar-refractivity contribution >= 4 is 0 Å². The molecule has 0 aromatic heterocycles. The van der Waals surface area contributed by atoms with E-state index in [1.165, 1.54) is 0 Å². The van der Waals surface area contributed by atoms with Gasteiger partial charge in [-0.15, -0.1) is 0 Å². The molecule has 2 heteroatoms. The third kappa shape index (κ3) is 6.54. The molecular formula is C43H40O2. The zero-order valence-electron chi connectivity index (χ0n) is 25.7. The maximum absolute atomic E-state index is 7.00. The van der Waals surface area contributed by atoms with Gasteiger partial charge in [0.25, 0.3) is 0 Å². The van der Waals surface area contributed by atoms with Gasteiger partial charge in [-0.2, -0.15) is 0 Å². The van der Waals surface area contributed by atoms with Crippen LogP contribution in [0.3, 0.4) is 0 Å². The molecule has 0 N–H and O–H groups in total. The van der Waals surface area contributed by atoms with Crippen molar-refractivity contribution in [3.8, 4) is 0 Å². The highest BCUT2D eigenvalue weighted by molar-refractivity contribution is 5.48. The Balaban J connectivity index is 1.19. The van der Waals surface area contributed by atoms with Crippen molar-refractivity contribution in [1.29, 1.82) is 0 Å². The monoisotopic (exact) mass is 588 g/mol. The van der Waals surface area contributed by atoms with Crippen LogP contribution in [0, 0.1) is 0 Å². The smallest absolute Gasteiger partial charge is 0.143 e. The highest BCUT2D eigenvalue weighted by Crippen LogP contribution is 2.42. The summed E-state index contributed by atoms with van der Waals surface area (Å²) in [7, 11) is 0. The van der Waals surface area contributed by atoms with Crippen LogP contribution in [-0.4, -0.2) is 13.2 Å². The third-order valence-electron chi connectivity index (χ3n) is 8.51. The average molecular weight is 589 g/mol. The van der Waals surface area contributed by atoms with E-state index in [2.05, 4.69) is 182 Å². The molecule has 0 unspecified atom stereocenters. The second-order valence-corrected chi connectivity index (χ2v) is 11.3. The molecule has 0 aliphatic heterocycles. The van der Waals surface area contributed by atoms with Crippen molar-refractivity contribution in [2.45, 2.75) is 30.5 Å². The molecular weight excluding hydrogens is 548 g/mol. The maximum Gasteiger partial charge on any atom is 0.143 e. The Labute approximate surface area is 267 Å². The van der Waals surface area contributed by atoms with Crippen LogP contribution in [0.2, 0.25) is 0 Å². The quantitative estimate of drug-likeness (QED) is 0.0931. The van der Waals surface area contributed by atoms with E-state index in [9.17, 15) is 0 Å². The van der Waals surface area contributed by atoms with Crippen LogP contribution in [0.15, 0.2) is 182 Å². The number of hydrogen-bond donors (Lipinski definition) is 0. The fraction of sp³-hybridized carbons (Fsp3) is 0.163. The molecule has 0 amide bonds. The SMILES string of the molecule is c1ccc(C(OCCCCCOC(c2ccccc2)(c2ccccc2)c2ccccc2)(c2ccccc2)c2ccccc2)cc1. The van der Waals surface area contributed by atoms with Crippen LogP contribution in [0.4, 0.5) is 0 Å². The zero-order chi connectivity index (χ0) is 30.6. The normalized spacial score (nSPS) is 11.7. The van der Waals surface area contributed by atoms with Crippen molar-refractivity contribution in [3.05, 3.63) is 215 Å². The Bertz CT molecular complexity index is 1360. The summed E-state index contributed by atoms with van der Waals surface area (Å²) >= 11 is 0. The van der Waals surface area contributed by atoms with Gasteiger partial charge in [-0.05, 0) is 52.6 Å². The lowest BCUT2D eigenvalue weighted by molar-refractivity contribution is 0.000738. The molecule has 0 bridgehead atoms. The molecule has 0 aliphatic rings. The molecule has 2 nitrogen and oxygen atoms in total. The molecule has 45 heavy (non-hydrogen) atoms. The maximum atomic E-state index is 7.00. The van der Waals surface area contributed by atoms with E-state index in [1.54, 1.807) is 0 Å². The number of rotatable bonds is 14. The minimum atomic E-state index is -0.691. The summed E-state index contributed by atoms with van der Waals surface area (Å²) in [4.78, 5) is 0. The molecule has 6 aromatic carbocycles. The standard InChI is InChI=1S/C43H40O2/c1-8-22-36(23-9-1)42(37-24-10-2-11-25-37,38-26-12-3-13-27-38)44-34-20-7-21-35-45-43(39-28-14-4-15-29-39,40-30-16-5-17-31-40)41-32-18-6-19-33-41/h1-6,8-19,22-33H,7,20-21,34-35H2. The second kappa shape index (κ2) is 14.8. The topological polar surface area (TPSA) is 18.5 Å². The van der Waals surface area contributed by atoms with Crippen molar-refractivity contribution in [1.82, 2.24) is 0 Å². The lowest BCUT2D eigenvalue weighted by Crippen LogP contribution is -2.33. The molecule has 0 saturated carbocycles. The van der Waals surface area contributed by atoms with Crippen LogP contribution in [-0.2, 0) is 20.7 Å². The fourth-order valence-corrected chi connectivity index (χ4v) is 6.37.